The van der Waals surface area contributed by atoms with E-state index in [1.807, 2.05) is 60.7 Å². The minimum Gasteiger partial charge on any atom is -0.466 e. The summed E-state index contributed by atoms with van der Waals surface area (Å²) >= 11 is 5.65. The van der Waals surface area contributed by atoms with Gasteiger partial charge in [0, 0.05) is 18.7 Å². The van der Waals surface area contributed by atoms with Gasteiger partial charge in [-0.15, -0.1) is 11.6 Å². The van der Waals surface area contributed by atoms with Crippen LogP contribution < -0.4 is 0 Å². The van der Waals surface area contributed by atoms with Crippen LogP contribution in [0.25, 0.3) is 0 Å². The number of carbonyl (C=O) groups is 2. The van der Waals surface area contributed by atoms with Gasteiger partial charge in [0.15, 0.2) is 6.10 Å². The van der Waals surface area contributed by atoms with Gasteiger partial charge in [-0.1, -0.05) is 86.3 Å². The zero-order chi connectivity index (χ0) is 22.2. The fourth-order valence-electron chi connectivity index (χ4n) is 3.31. The first-order valence-electron chi connectivity index (χ1n) is 11.2. The van der Waals surface area contributed by atoms with Crippen LogP contribution in [0.15, 0.2) is 60.7 Å². The third kappa shape index (κ3) is 10.5. The van der Waals surface area contributed by atoms with Crippen molar-refractivity contribution >= 4 is 23.5 Å². The number of alkyl halides is 1. The molecule has 0 bridgehead atoms. The third-order valence-electron chi connectivity index (χ3n) is 5.01. The molecule has 0 heterocycles. The van der Waals surface area contributed by atoms with Crippen molar-refractivity contribution in [3.8, 4) is 0 Å². The van der Waals surface area contributed by atoms with E-state index in [9.17, 15) is 9.59 Å². The summed E-state index contributed by atoms with van der Waals surface area (Å²) in [4.78, 5) is 24.3. The van der Waals surface area contributed by atoms with Crippen molar-refractivity contribution < 1.29 is 19.1 Å². The fourth-order valence-corrected chi connectivity index (χ4v) is 3.50. The summed E-state index contributed by atoms with van der Waals surface area (Å²) < 4.78 is 11.0. The lowest BCUT2D eigenvalue weighted by Crippen LogP contribution is -2.13. The second-order valence-corrected chi connectivity index (χ2v) is 7.95. The number of esters is 2. The van der Waals surface area contributed by atoms with E-state index < -0.39 is 6.10 Å². The molecule has 0 radical (unpaired) electrons. The highest BCUT2D eigenvalue weighted by atomic mass is 35.5. The zero-order valence-electron chi connectivity index (χ0n) is 18.1. The Morgan fingerprint density at radius 2 is 1.19 bits per heavy atom. The van der Waals surface area contributed by atoms with Gasteiger partial charge in [-0.3, -0.25) is 9.59 Å². The van der Waals surface area contributed by atoms with Crippen LogP contribution in [0.3, 0.4) is 0 Å². The van der Waals surface area contributed by atoms with Gasteiger partial charge in [0.1, 0.15) is 0 Å². The van der Waals surface area contributed by atoms with Crippen molar-refractivity contribution in [1.29, 1.82) is 0 Å². The Morgan fingerprint density at radius 3 is 1.77 bits per heavy atom. The average Bonchev–Trinajstić information content (AvgIpc) is 2.80. The molecule has 0 amide bonds. The van der Waals surface area contributed by atoms with Gasteiger partial charge < -0.3 is 9.47 Å². The third-order valence-corrected chi connectivity index (χ3v) is 5.27. The van der Waals surface area contributed by atoms with Crippen LogP contribution in [0.5, 0.6) is 0 Å². The lowest BCUT2D eigenvalue weighted by molar-refractivity contribution is -0.148. The Morgan fingerprint density at radius 1 is 0.677 bits per heavy atom. The molecule has 4 nitrogen and oxygen atoms in total. The number of halogens is 1. The molecule has 0 atom stereocenters. The van der Waals surface area contributed by atoms with E-state index in [1.165, 1.54) is 6.42 Å². The SMILES string of the molecule is O=C(CCCC(=O)OC(c1ccccc1)c1ccccc1)OCCCCCCCCCl. The second-order valence-electron chi connectivity index (χ2n) is 7.58. The largest absolute Gasteiger partial charge is 0.466 e. The molecule has 0 saturated heterocycles. The van der Waals surface area contributed by atoms with E-state index in [-0.39, 0.29) is 24.8 Å². The maximum atomic E-state index is 12.4. The van der Waals surface area contributed by atoms with Crippen LogP contribution in [0.4, 0.5) is 0 Å². The quantitative estimate of drug-likeness (QED) is 0.176. The van der Waals surface area contributed by atoms with Gasteiger partial charge in [0.05, 0.1) is 6.61 Å². The molecular weight excluding hydrogens is 412 g/mol. The van der Waals surface area contributed by atoms with E-state index in [2.05, 4.69) is 0 Å². The molecule has 0 aliphatic rings. The van der Waals surface area contributed by atoms with Crippen LogP contribution in [-0.2, 0) is 19.1 Å². The van der Waals surface area contributed by atoms with Gasteiger partial charge >= 0.3 is 11.9 Å². The van der Waals surface area contributed by atoms with E-state index >= 15 is 0 Å². The Balaban J connectivity index is 1.66. The van der Waals surface area contributed by atoms with Gasteiger partial charge in [-0.05, 0) is 30.4 Å². The molecule has 0 aliphatic carbocycles. The van der Waals surface area contributed by atoms with Crippen LogP contribution in [0.1, 0.15) is 75.0 Å². The van der Waals surface area contributed by atoms with Gasteiger partial charge in [-0.25, -0.2) is 0 Å². The van der Waals surface area contributed by atoms with Crippen LogP contribution in [-0.4, -0.2) is 24.4 Å². The maximum absolute atomic E-state index is 12.4. The number of unbranched alkanes of at least 4 members (excludes halogenated alkanes) is 5. The van der Waals surface area contributed by atoms with Crippen molar-refractivity contribution in [2.45, 2.75) is 63.9 Å². The van der Waals surface area contributed by atoms with E-state index in [0.29, 0.717) is 13.0 Å². The van der Waals surface area contributed by atoms with Gasteiger partial charge in [0.25, 0.3) is 0 Å². The molecule has 0 aromatic heterocycles. The normalized spacial score (nSPS) is 10.8. The van der Waals surface area contributed by atoms with Crippen LogP contribution in [0.2, 0.25) is 0 Å². The van der Waals surface area contributed by atoms with Gasteiger partial charge in [-0.2, -0.15) is 0 Å². The molecule has 31 heavy (non-hydrogen) atoms. The standard InChI is InChI=1S/C26H33ClO4/c27-20-11-3-1-2-4-12-21-30-24(28)18-13-19-25(29)31-26(22-14-7-5-8-15-22)23-16-9-6-10-17-23/h5-10,14-17,26H,1-4,11-13,18-21H2. The van der Waals surface area contributed by atoms with Crippen molar-refractivity contribution in [2.75, 3.05) is 12.5 Å². The predicted octanol–water partition coefficient (Wildman–Crippen LogP) is 6.61. The summed E-state index contributed by atoms with van der Waals surface area (Å²) in [7, 11) is 0. The summed E-state index contributed by atoms with van der Waals surface area (Å²) in [6.07, 6.45) is 6.87. The number of hydrogen-bond acceptors (Lipinski definition) is 4. The monoisotopic (exact) mass is 444 g/mol. The summed E-state index contributed by atoms with van der Waals surface area (Å²) in [5, 5.41) is 0. The number of ether oxygens (including phenoxy) is 2. The average molecular weight is 445 g/mol. The molecule has 5 heteroatoms. The molecule has 0 saturated carbocycles. The van der Waals surface area contributed by atoms with Crippen LogP contribution in [0, 0.1) is 0 Å². The Bertz CT molecular complexity index is 709. The predicted molar refractivity (Wildman–Crippen MR) is 124 cm³/mol. The highest BCUT2D eigenvalue weighted by Gasteiger charge is 2.19. The fraction of sp³-hybridized carbons (Fsp3) is 0.462. The van der Waals surface area contributed by atoms with Gasteiger partial charge in [0.2, 0.25) is 0 Å². The summed E-state index contributed by atoms with van der Waals surface area (Å²) in [6, 6.07) is 19.3. The molecular formula is C26H33ClO4. The number of benzene rings is 2. The maximum Gasteiger partial charge on any atom is 0.306 e. The van der Waals surface area contributed by atoms with E-state index in [1.54, 1.807) is 0 Å². The highest BCUT2D eigenvalue weighted by molar-refractivity contribution is 6.17. The topological polar surface area (TPSA) is 52.6 Å². The smallest absolute Gasteiger partial charge is 0.306 e. The number of rotatable bonds is 15. The van der Waals surface area contributed by atoms with Crippen molar-refractivity contribution in [3.05, 3.63) is 71.8 Å². The summed E-state index contributed by atoms with van der Waals surface area (Å²) in [6.45, 7) is 0.447. The first kappa shape index (κ1) is 24.9. The van der Waals surface area contributed by atoms with E-state index in [0.717, 1.165) is 49.1 Å². The lowest BCUT2D eigenvalue weighted by atomic mass is 10.0. The van der Waals surface area contributed by atoms with Crippen molar-refractivity contribution in [2.24, 2.45) is 0 Å². The molecule has 0 unspecified atom stereocenters. The molecule has 2 aromatic rings. The first-order chi connectivity index (χ1) is 15.2. The Labute approximate surface area is 190 Å². The van der Waals surface area contributed by atoms with E-state index in [4.69, 9.17) is 21.1 Å². The minimum atomic E-state index is -0.453. The Hall–Kier alpha value is -2.33. The van der Waals surface area contributed by atoms with Crippen molar-refractivity contribution in [3.63, 3.8) is 0 Å². The lowest BCUT2D eigenvalue weighted by Gasteiger charge is -2.19. The molecule has 2 rings (SSSR count). The summed E-state index contributed by atoms with van der Waals surface area (Å²) in [5.74, 6) is 0.157. The van der Waals surface area contributed by atoms with Crippen molar-refractivity contribution in [1.82, 2.24) is 0 Å². The van der Waals surface area contributed by atoms with Crippen LogP contribution >= 0.6 is 11.6 Å². The second kappa shape index (κ2) is 15.5. The Kier molecular flexibility index (Phi) is 12.4. The summed E-state index contributed by atoms with van der Waals surface area (Å²) in [5.41, 5.74) is 1.84. The molecule has 0 aliphatic heterocycles. The first-order valence-corrected chi connectivity index (χ1v) is 11.7. The minimum absolute atomic E-state index is 0.186. The molecule has 0 N–H and O–H groups in total. The number of hydrogen-bond donors (Lipinski definition) is 0. The molecule has 0 fully saturated rings. The molecule has 2 aromatic carbocycles. The highest BCUT2D eigenvalue weighted by Crippen LogP contribution is 2.26. The number of carbonyl (C=O) groups excluding carboxylic acids is 2. The molecule has 168 valence electrons. The molecule has 0 spiro atoms. The zero-order valence-corrected chi connectivity index (χ0v) is 18.9.